The molecule has 0 aromatic heterocycles. The van der Waals surface area contributed by atoms with E-state index in [0.29, 0.717) is 12.0 Å². The average Bonchev–Trinajstić information content (AvgIpc) is 2.22. The van der Waals surface area contributed by atoms with Crippen molar-refractivity contribution < 1.29 is 9.18 Å². The van der Waals surface area contributed by atoms with Crippen LogP contribution in [0.1, 0.15) is 22.8 Å². The second-order valence-corrected chi connectivity index (χ2v) is 5.26. The lowest BCUT2D eigenvalue weighted by molar-refractivity contribution is 0.0968. The van der Waals surface area contributed by atoms with Crippen LogP contribution in [0.2, 0.25) is 0 Å². The summed E-state index contributed by atoms with van der Waals surface area (Å²) in [5.74, 6) is -0.237. The first kappa shape index (κ1) is 8.88. The zero-order valence-corrected chi connectivity index (χ0v) is 8.69. The van der Waals surface area contributed by atoms with Crippen LogP contribution in [0, 0.1) is 5.82 Å². The van der Waals surface area contributed by atoms with Gasteiger partial charge in [0, 0.05) is 5.56 Å². The molecule has 0 heterocycles. The fourth-order valence-corrected chi connectivity index (χ4v) is 2.16. The molecule has 0 aliphatic heterocycles. The molecule has 0 fully saturated rings. The van der Waals surface area contributed by atoms with Crippen LogP contribution in [0.5, 0.6) is 0 Å². The van der Waals surface area contributed by atoms with Crippen LogP contribution in [-0.4, -0.2) is 10.1 Å². The largest absolute Gasteiger partial charge is 0.293 e. The molecule has 0 bridgehead atoms. The zero-order chi connectivity index (χ0) is 9.64. The summed E-state index contributed by atoms with van der Waals surface area (Å²) in [6, 6.07) is 4.31. The van der Waals surface area contributed by atoms with Gasteiger partial charge in [-0.2, -0.15) is 0 Å². The summed E-state index contributed by atoms with van der Waals surface area (Å²) in [6.07, 6.45) is 0.568. The Labute approximate surface area is 84.1 Å². The van der Waals surface area contributed by atoms with E-state index in [4.69, 9.17) is 0 Å². The van der Waals surface area contributed by atoms with Gasteiger partial charge in [-0.3, -0.25) is 4.79 Å². The SMILES string of the molecule is CC1(Br)Cc2cc(F)ccc2C1=O. The second kappa shape index (κ2) is 2.64. The Balaban J connectivity index is 2.57. The number of carbonyl (C=O) groups is 1. The molecule has 1 aromatic rings. The summed E-state index contributed by atoms with van der Waals surface area (Å²) in [5, 5.41) is 0. The van der Waals surface area contributed by atoms with Crippen molar-refractivity contribution in [1.29, 1.82) is 0 Å². The molecule has 0 N–H and O–H groups in total. The lowest BCUT2D eigenvalue weighted by Crippen LogP contribution is -2.23. The predicted molar refractivity (Wildman–Crippen MR) is 51.8 cm³/mol. The van der Waals surface area contributed by atoms with E-state index in [1.807, 2.05) is 6.92 Å². The van der Waals surface area contributed by atoms with Gasteiger partial charge < -0.3 is 0 Å². The Kier molecular flexibility index (Phi) is 1.80. The van der Waals surface area contributed by atoms with Crippen molar-refractivity contribution in [2.24, 2.45) is 0 Å². The number of fused-ring (bicyclic) bond motifs is 1. The Hall–Kier alpha value is -0.700. The van der Waals surface area contributed by atoms with E-state index in [-0.39, 0.29) is 11.6 Å². The number of rotatable bonds is 0. The van der Waals surface area contributed by atoms with Gasteiger partial charge in [-0.15, -0.1) is 0 Å². The molecular weight excluding hydrogens is 235 g/mol. The Morgan fingerprint density at radius 3 is 2.92 bits per heavy atom. The zero-order valence-electron chi connectivity index (χ0n) is 7.10. The normalized spacial score (nSPS) is 26.2. The summed E-state index contributed by atoms with van der Waals surface area (Å²) >= 11 is 3.34. The molecule has 13 heavy (non-hydrogen) atoms. The van der Waals surface area contributed by atoms with Gasteiger partial charge in [0.05, 0.1) is 4.32 Å². The van der Waals surface area contributed by atoms with Crippen LogP contribution < -0.4 is 0 Å². The summed E-state index contributed by atoms with van der Waals surface area (Å²) in [7, 11) is 0. The first-order chi connectivity index (χ1) is 6.00. The van der Waals surface area contributed by atoms with Gasteiger partial charge in [-0.05, 0) is 37.1 Å². The van der Waals surface area contributed by atoms with Crippen LogP contribution in [0.4, 0.5) is 4.39 Å². The van der Waals surface area contributed by atoms with Crippen molar-refractivity contribution in [3.8, 4) is 0 Å². The molecule has 68 valence electrons. The number of ketones is 1. The fourth-order valence-electron chi connectivity index (χ4n) is 1.65. The van der Waals surface area contributed by atoms with E-state index in [1.165, 1.54) is 12.1 Å². The van der Waals surface area contributed by atoms with Crippen LogP contribution in [-0.2, 0) is 6.42 Å². The van der Waals surface area contributed by atoms with Gasteiger partial charge in [-0.1, -0.05) is 15.9 Å². The average molecular weight is 243 g/mol. The van der Waals surface area contributed by atoms with Gasteiger partial charge in [0.15, 0.2) is 5.78 Å². The quantitative estimate of drug-likeness (QED) is 0.640. The van der Waals surface area contributed by atoms with Crippen molar-refractivity contribution >= 4 is 21.7 Å². The number of hydrogen-bond acceptors (Lipinski definition) is 1. The number of hydrogen-bond donors (Lipinski definition) is 0. The molecule has 0 saturated heterocycles. The number of halogens is 2. The monoisotopic (exact) mass is 242 g/mol. The van der Waals surface area contributed by atoms with Crippen LogP contribution in [0.3, 0.4) is 0 Å². The van der Waals surface area contributed by atoms with E-state index in [2.05, 4.69) is 15.9 Å². The van der Waals surface area contributed by atoms with E-state index in [0.717, 1.165) is 5.56 Å². The van der Waals surface area contributed by atoms with Crippen molar-refractivity contribution in [1.82, 2.24) is 0 Å². The van der Waals surface area contributed by atoms with E-state index in [9.17, 15) is 9.18 Å². The van der Waals surface area contributed by atoms with E-state index >= 15 is 0 Å². The van der Waals surface area contributed by atoms with E-state index in [1.54, 1.807) is 6.07 Å². The van der Waals surface area contributed by atoms with Crippen molar-refractivity contribution in [2.75, 3.05) is 0 Å². The maximum atomic E-state index is 12.8. The third-order valence-electron chi connectivity index (χ3n) is 2.31. The lowest BCUT2D eigenvalue weighted by atomic mass is 10.1. The molecule has 0 amide bonds. The standard InChI is InChI=1S/C10H8BrFO/c1-10(11)5-6-4-7(12)2-3-8(6)9(10)13/h2-4H,5H2,1H3. The van der Waals surface area contributed by atoms with Gasteiger partial charge in [0.25, 0.3) is 0 Å². The maximum Gasteiger partial charge on any atom is 0.179 e. The minimum absolute atomic E-state index is 0.0440. The number of alkyl halides is 1. The molecule has 1 aliphatic carbocycles. The molecule has 3 heteroatoms. The predicted octanol–water partition coefficient (Wildman–Crippen LogP) is 2.72. The Bertz CT molecular complexity index is 385. The van der Waals surface area contributed by atoms with Crippen molar-refractivity contribution in [3.05, 3.63) is 35.1 Å². The molecule has 0 saturated carbocycles. The van der Waals surface area contributed by atoms with Gasteiger partial charge >= 0.3 is 0 Å². The lowest BCUT2D eigenvalue weighted by Gasteiger charge is -2.10. The Morgan fingerprint density at radius 1 is 1.54 bits per heavy atom. The van der Waals surface area contributed by atoms with Crippen molar-refractivity contribution in [3.63, 3.8) is 0 Å². The molecule has 1 atom stereocenters. The highest BCUT2D eigenvalue weighted by Gasteiger charge is 2.39. The first-order valence-electron chi connectivity index (χ1n) is 4.03. The minimum atomic E-state index is -0.539. The molecule has 1 nitrogen and oxygen atoms in total. The highest BCUT2D eigenvalue weighted by molar-refractivity contribution is 9.10. The van der Waals surface area contributed by atoms with Crippen LogP contribution in [0.15, 0.2) is 18.2 Å². The number of carbonyl (C=O) groups excluding carboxylic acids is 1. The number of benzene rings is 1. The molecule has 1 aliphatic rings. The van der Waals surface area contributed by atoms with Gasteiger partial charge in [0.2, 0.25) is 0 Å². The molecule has 0 radical (unpaired) electrons. The van der Waals surface area contributed by atoms with Crippen molar-refractivity contribution in [2.45, 2.75) is 17.7 Å². The topological polar surface area (TPSA) is 17.1 Å². The molecule has 2 rings (SSSR count). The summed E-state index contributed by atoms with van der Waals surface area (Å²) in [6.45, 7) is 1.81. The van der Waals surface area contributed by atoms with Gasteiger partial charge in [-0.25, -0.2) is 4.39 Å². The summed E-state index contributed by atoms with van der Waals surface area (Å²) in [5.41, 5.74) is 1.44. The molecular formula is C10H8BrFO. The van der Waals surface area contributed by atoms with Gasteiger partial charge in [0.1, 0.15) is 5.82 Å². The Morgan fingerprint density at radius 2 is 2.23 bits per heavy atom. The third-order valence-corrected chi connectivity index (χ3v) is 2.95. The minimum Gasteiger partial charge on any atom is -0.293 e. The summed E-state index contributed by atoms with van der Waals surface area (Å²) in [4.78, 5) is 11.7. The molecule has 0 spiro atoms. The molecule has 1 unspecified atom stereocenters. The molecule has 1 aromatic carbocycles. The first-order valence-corrected chi connectivity index (χ1v) is 4.82. The highest BCUT2D eigenvalue weighted by Crippen LogP contribution is 2.36. The van der Waals surface area contributed by atoms with Crippen LogP contribution in [0.25, 0.3) is 0 Å². The van der Waals surface area contributed by atoms with E-state index < -0.39 is 4.32 Å². The maximum absolute atomic E-state index is 12.8. The fraction of sp³-hybridized carbons (Fsp3) is 0.300. The summed E-state index contributed by atoms with van der Waals surface area (Å²) < 4.78 is 12.3. The smallest absolute Gasteiger partial charge is 0.179 e. The third kappa shape index (κ3) is 1.31. The second-order valence-electron chi connectivity index (χ2n) is 3.50. The number of Topliss-reactive ketones (excluding diaryl/α,β-unsaturated/α-hetero) is 1. The highest BCUT2D eigenvalue weighted by atomic mass is 79.9. The van der Waals surface area contributed by atoms with Crippen LogP contribution >= 0.6 is 15.9 Å².